The molecular formula is C13H18N4O2S. The lowest BCUT2D eigenvalue weighted by Crippen LogP contribution is -2.28. The Hall–Kier alpha value is -1.86. The number of aromatic nitrogens is 2. The largest absolute Gasteiger partial charge is 0.399 e. The summed E-state index contributed by atoms with van der Waals surface area (Å²) in [5, 5.41) is 0. The summed E-state index contributed by atoms with van der Waals surface area (Å²) in [6, 6.07) is 6.84. The zero-order valence-electron chi connectivity index (χ0n) is 11.5. The van der Waals surface area contributed by atoms with Crippen LogP contribution < -0.4 is 5.73 Å². The molecule has 0 unspecified atom stereocenters. The van der Waals surface area contributed by atoms with Gasteiger partial charge in [-0.25, -0.2) is 13.4 Å². The van der Waals surface area contributed by atoms with Gasteiger partial charge in [-0.05, 0) is 17.7 Å². The average molecular weight is 294 g/mol. The monoisotopic (exact) mass is 294 g/mol. The Morgan fingerprint density at radius 1 is 1.30 bits per heavy atom. The Balaban J connectivity index is 2.09. The summed E-state index contributed by atoms with van der Waals surface area (Å²) in [5.74, 6) is 0.655. The number of nitrogens with zero attached hydrogens (tertiary/aromatic N) is 3. The first-order valence-corrected chi connectivity index (χ1v) is 7.74. The van der Waals surface area contributed by atoms with Crippen molar-refractivity contribution in [3.8, 4) is 0 Å². The molecule has 0 bridgehead atoms. The zero-order chi connectivity index (χ0) is 14.8. The number of hydrogen-bond acceptors (Lipinski definition) is 4. The number of nitrogens with two attached hydrogens (primary N) is 1. The predicted octanol–water partition coefficient (Wildman–Crippen LogP) is 0.964. The quantitative estimate of drug-likeness (QED) is 0.833. The van der Waals surface area contributed by atoms with Crippen molar-refractivity contribution in [1.29, 1.82) is 0 Å². The lowest BCUT2D eigenvalue weighted by Gasteiger charge is -2.17. The fourth-order valence-electron chi connectivity index (χ4n) is 1.78. The van der Waals surface area contributed by atoms with Crippen LogP contribution in [0, 0.1) is 0 Å². The third kappa shape index (κ3) is 3.37. The van der Waals surface area contributed by atoms with Crippen LogP contribution in [0.3, 0.4) is 0 Å². The molecule has 0 aliphatic heterocycles. The number of imidazole rings is 1. The molecule has 1 aromatic carbocycles. The summed E-state index contributed by atoms with van der Waals surface area (Å²) in [5.41, 5.74) is 6.92. The van der Waals surface area contributed by atoms with Crippen LogP contribution >= 0.6 is 0 Å². The molecule has 7 heteroatoms. The normalized spacial score (nSPS) is 11.9. The summed E-state index contributed by atoms with van der Waals surface area (Å²) in [7, 11) is 0.0131. The lowest BCUT2D eigenvalue weighted by molar-refractivity contribution is 0.450. The van der Waals surface area contributed by atoms with E-state index < -0.39 is 10.0 Å². The first-order chi connectivity index (χ1) is 9.38. The molecule has 0 aliphatic rings. The molecular weight excluding hydrogens is 276 g/mol. The predicted molar refractivity (Wildman–Crippen MR) is 78.2 cm³/mol. The molecule has 0 saturated carbocycles. The Morgan fingerprint density at radius 2 is 1.95 bits per heavy atom. The van der Waals surface area contributed by atoms with Gasteiger partial charge in [0, 0.05) is 32.2 Å². The molecule has 6 nitrogen and oxygen atoms in total. The van der Waals surface area contributed by atoms with Crippen LogP contribution in [0.2, 0.25) is 0 Å². The molecule has 0 fully saturated rings. The maximum Gasteiger partial charge on any atom is 0.218 e. The highest BCUT2D eigenvalue weighted by atomic mass is 32.2. The van der Waals surface area contributed by atoms with Crippen molar-refractivity contribution >= 4 is 15.7 Å². The molecule has 108 valence electrons. The van der Waals surface area contributed by atoms with Gasteiger partial charge in [0.1, 0.15) is 5.82 Å². The molecule has 1 heterocycles. The van der Waals surface area contributed by atoms with Gasteiger partial charge in [-0.3, -0.25) is 0 Å². The Morgan fingerprint density at radius 3 is 2.50 bits per heavy atom. The van der Waals surface area contributed by atoms with Gasteiger partial charge in [-0.1, -0.05) is 12.1 Å². The molecule has 0 aliphatic carbocycles. The second kappa shape index (κ2) is 5.64. The van der Waals surface area contributed by atoms with Crippen molar-refractivity contribution < 1.29 is 8.42 Å². The van der Waals surface area contributed by atoms with E-state index in [2.05, 4.69) is 4.98 Å². The highest BCUT2D eigenvalue weighted by Crippen LogP contribution is 2.13. The summed E-state index contributed by atoms with van der Waals surface area (Å²) >= 11 is 0. The van der Waals surface area contributed by atoms with E-state index in [-0.39, 0.29) is 12.3 Å². The topological polar surface area (TPSA) is 81.2 Å². The van der Waals surface area contributed by atoms with Crippen LogP contribution in [0.1, 0.15) is 11.4 Å². The second-order valence-corrected chi connectivity index (χ2v) is 6.78. The first-order valence-electron chi connectivity index (χ1n) is 6.13. The van der Waals surface area contributed by atoms with Gasteiger partial charge in [-0.2, -0.15) is 4.31 Å². The number of nitrogen functional groups attached to an aromatic ring is 1. The van der Waals surface area contributed by atoms with E-state index in [0.717, 1.165) is 0 Å². The van der Waals surface area contributed by atoms with Crippen molar-refractivity contribution in [3.05, 3.63) is 48.0 Å². The van der Waals surface area contributed by atoms with Gasteiger partial charge in [0.25, 0.3) is 0 Å². The van der Waals surface area contributed by atoms with E-state index in [1.807, 2.05) is 7.05 Å². The van der Waals surface area contributed by atoms with Gasteiger partial charge < -0.3 is 10.3 Å². The van der Waals surface area contributed by atoms with Crippen LogP contribution in [0.25, 0.3) is 0 Å². The Bertz CT molecular complexity index is 677. The van der Waals surface area contributed by atoms with E-state index in [9.17, 15) is 8.42 Å². The minimum Gasteiger partial charge on any atom is -0.399 e. The van der Waals surface area contributed by atoms with Crippen LogP contribution in [-0.4, -0.2) is 29.3 Å². The van der Waals surface area contributed by atoms with E-state index in [0.29, 0.717) is 17.1 Å². The zero-order valence-corrected chi connectivity index (χ0v) is 12.3. The van der Waals surface area contributed by atoms with Crippen LogP contribution in [0.15, 0.2) is 36.7 Å². The van der Waals surface area contributed by atoms with Crippen LogP contribution in [0.5, 0.6) is 0 Å². The van der Waals surface area contributed by atoms with Crippen LogP contribution in [0.4, 0.5) is 5.69 Å². The Labute approximate surface area is 118 Å². The van der Waals surface area contributed by atoms with Crippen molar-refractivity contribution in [2.45, 2.75) is 12.3 Å². The molecule has 1 aromatic heterocycles. The molecule has 2 aromatic rings. The molecule has 20 heavy (non-hydrogen) atoms. The molecule has 2 N–H and O–H groups in total. The fraction of sp³-hybridized carbons (Fsp3) is 0.308. The SMILES string of the molecule is CN(Cc1nccn1C)S(=O)(=O)Cc1ccc(N)cc1. The number of rotatable bonds is 5. The highest BCUT2D eigenvalue weighted by molar-refractivity contribution is 7.88. The number of anilines is 1. The van der Waals surface area contributed by atoms with Gasteiger partial charge in [0.15, 0.2) is 0 Å². The molecule has 0 amide bonds. The fourth-order valence-corrected chi connectivity index (χ4v) is 2.93. The van der Waals surface area contributed by atoms with E-state index >= 15 is 0 Å². The van der Waals surface area contributed by atoms with E-state index in [4.69, 9.17) is 5.73 Å². The smallest absolute Gasteiger partial charge is 0.218 e. The summed E-state index contributed by atoms with van der Waals surface area (Å²) in [6.45, 7) is 0.251. The highest BCUT2D eigenvalue weighted by Gasteiger charge is 2.20. The van der Waals surface area contributed by atoms with Gasteiger partial charge in [0.2, 0.25) is 10.0 Å². The summed E-state index contributed by atoms with van der Waals surface area (Å²) in [6.07, 6.45) is 3.44. The average Bonchev–Trinajstić information content (AvgIpc) is 2.78. The van der Waals surface area contributed by atoms with Gasteiger partial charge >= 0.3 is 0 Å². The first kappa shape index (κ1) is 14.5. The maximum atomic E-state index is 12.3. The molecule has 2 rings (SSSR count). The summed E-state index contributed by atoms with van der Waals surface area (Å²) in [4.78, 5) is 4.13. The minimum atomic E-state index is -3.38. The van der Waals surface area contributed by atoms with E-state index in [1.54, 1.807) is 48.3 Å². The van der Waals surface area contributed by atoms with Crippen molar-refractivity contribution in [3.63, 3.8) is 0 Å². The van der Waals surface area contributed by atoms with E-state index in [1.165, 1.54) is 4.31 Å². The maximum absolute atomic E-state index is 12.3. The number of aryl methyl sites for hydroxylation is 1. The lowest BCUT2D eigenvalue weighted by atomic mass is 10.2. The summed E-state index contributed by atoms with van der Waals surface area (Å²) < 4.78 is 27.7. The third-order valence-corrected chi connectivity index (χ3v) is 4.87. The van der Waals surface area contributed by atoms with Crippen molar-refractivity contribution in [2.75, 3.05) is 12.8 Å². The Kier molecular flexibility index (Phi) is 4.10. The number of sulfonamides is 1. The molecule has 0 radical (unpaired) electrons. The van der Waals surface area contributed by atoms with Gasteiger partial charge in [-0.15, -0.1) is 0 Å². The molecule has 0 spiro atoms. The number of benzene rings is 1. The van der Waals surface area contributed by atoms with Crippen molar-refractivity contribution in [2.24, 2.45) is 7.05 Å². The molecule has 0 atom stereocenters. The standard InChI is InChI=1S/C13H18N4O2S/c1-16-8-7-15-13(16)9-17(2)20(18,19)10-11-3-5-12(14)6-4-11/h3-8H,9-10,14H2,1-2H3. The third-order valence-electron chi connectivity index (χ3n) is 3.09. The number of hydrogen-bond donors (Lipinski definition) is 1. The molecule has 0 saturated heterocycles. The van der Waals surface area contributed by atoms with Gasteiger partial charge in [0.05, 0.1) is 12.3 Å². The second-order valence-electron chi connectivity index (χ2n) is 4.71. The van der Waals surface area contributed by atoms with Crippen molar-refractivity contribution in [1.82, 2.24) is 13.9 Å². The van der Waals surface area contributed by atoms with Crippen LogP contribution in [-0.2, 0) is 29.4 Å². The minimum absolute atomic E-state index is 0.0474.